The van der Waals surface area contributed by atoms with Gasteiger partial charge in [0.2, 0.25) is 0 Å². The summed E-state index contributed by atoms with van der Waals surface area (Å²) >= 11 is 0. The second-order valence-electron chi connectivity index (χ2n) is 3.78. The van der Waals surface area contributed by atoms with Gasteiger partial charge in [0.25, 0.3) is 10.0 Å². The zero-order valence-electron chi connectivity index (χ0n) is 10.3. The number of pyridine rings is 1. The fourth-order valence-corrected chi connectivity index (χ4v) is 2.86. The number of hydrogen-bond donors (Lipinski definition) is 1. The average molecular weight is 257 g/mol. The lowest BCUT2D eigenvalue weighted by atomic mass is 10.3. The fraction of sp³-hybridized carbons (Fsp3) is 0.545. The Morgan fingerprint density at radius 1 is 1.35 bits per heavy atom. The van der Waals surface area contributed by atoms with Crippen molar-refractivity contribution in [1.82, 2.24) is 9.29 Å². The summed E-state index contributed by atoms with van der Waals surface area (Å²) < 4.78 is 25.8. The standard InChI is InChI=1S/C11H19N3O2S/c1-3-5-8-14(4-2)17(15,16)11-7-6-10(12)9-13-11/h6-7,9H,3-5,8,12H2,1-2H3. The molecule has 6 heteroatoms. The molecule has 1 aromatic rings. The highest BCUT2D eigenvalue weighted by atomic mass is 32.2. The minimum absolute atomic E-state index is 0.0599. The molecule has 5 nitrogen and oxygen atoms in total. The number of nitrogens with two attached hydrogens (primary N) is 1. The molecule has 0 spiro atoms. The van der Waals surface area contributed by atoms with E-state index in [-0.39, 0.29) is 5.03 Å². The minimum Gasteiger partial charge on any atom is -0.397 e. The summed E-state index contributed by atoms with van der Waals surface area (Å²) in [6.07, 6.45) is 3.17. The van der Waals surface area contributed by atoms with E-state index in [0.29, 0.717) is 18.8 Å². The van der Waals surface area contributed by atoms with Gasteiger partial charge in [0.05, 0.1) is 11.9 Å². The first-order valence-electron chi connectivity index (χ1n) is 5.74. The third-order valence-corrected chi connectivity index (χ3v) is 4.37. The maximum Gasteiger partial charge on any atom is 0.260 e. The molecule has 0 aromatic carbocycles. The van der Waals surface area contributed by atoms with Crippen molar-refractivity contribution in [2.75, 3.05) is 18.8 Å². The van der Waals surface area contributed by atoms with Crippen LogP contribution in [0, 0.1) is 0 Å². The third kappa shape index (κ3) is 3.41. The molecule has 0 aliphatic carbocycles. The molecule has 1 aromatic heterocycles. The molecule has 0 saturated carbocycles. The summed E-state index contributed by atoms with van der Waals surface area (Å²) in [4.78, 5) is 3.87. The maximum atomic E-state index is 12.2. The Morgan fingerprint density at radius 2 is 2.06 bits per heavy atom. The highest BCUT2D eigenvalue weighted by Crippen LogP contribution is 2.14. The van der Waals surface area contributed by atoms with E-state index in [1.54, 1.807) is 6.07 Å². The first-order valence-corrected chi connectivity index (χ1v) is 7.18. The number of anilines is 1. The van der Waals surface area contributed by atoms with Crippen molar-refractivity contribution in [3.63, 3.8) is 0 Å². The van der Waals surface area contributed by atoms with Crippen LogP contribution >= 0.6 is 0 Å². The molecule has 96 valence electrons. The van der Waals surface area contributed by atoms with E-state index in [0.717, 1.165) is 12.8 Å². The van der Waals surface area contributed by atoms with E-state index >= 15 is 0 Å². The first-order chi connectivity index (χ1) is 8.02. The Labute approximate surface area is 103 Å². The van der Waals surface area contributed by atoms with Crippen LogP contribution in [0.3, 0.4) is 0 Å². The number of sulfonamides is 1. The van der Waals surface area contributed by atoms with Crippen LogP contribution in [0.1, 0.15) is 26.7 Å². The minimum atomic E-state index is -3.47. The van der Waals surface area contributed by atoms with Gasteiger partial charge in [-0.3, -0.25) is 0 Å². The molecule has 1 rings (SSSR count). The molecule has 2 N–H and O–H groups in total. The van der Waals surface area contributed by atoms with Gasteiger partial charge in [-0.25, -0.2) is 13.4 Å². The molecule has 0 aliphatic rings. The predicted molar refractivity (Wildman–Crippen MR) is 68.0 cm³/mol. The van der Waals surface area contributed by atoms with Crippen LogP contribution in [0.15, 0.2) is 23.4 Å². The second kappa shape index (κ2) is 5.97. The van der Waals surface area contributed by atoms with Crippen molar-refractivity contribution in [2.24, 2.45) is 0 Å². The van der Waals surface area contributed by atoms with Crippen LogP contribution in [0.5, 0.6) is 0 Å². The van der Waals surface area contributed by atoms with Crippen LogP contribution in [0.4, 0.5) is 5.69 Å². The number of nitrogens with zero attached hydrogens (tertiary/aromatic N) is 2. The number of aromatic nitrogens is 1. The molecule has 0 aliphatic heterocycles. The first kappa shape index (κ1) is 13.9. The van der Waals surface area contributed by atoms with Gasteiger partial charge in [0.1, 0.15) is 0 Å². The monoisotopic (exact) mass is 257 g/mol. The summed E-state index contributed by atoms with van der Waals surface area (Å²) in [6.45, 7) is 4.84. The molecular weight excluding hydrogens is 238 g/mol. The highest BCUT2D eigenvalue weighted by molar-refractivity contribution is 7.89. The second-order valence-corrected chi connectivity index (χ2v) is 5.66. The fourth-order valence-electron chi connectivity index (χ4n) is 1.46. The van der Waals surface area contributed by atoms with Gasteiger partial charge in [0, 0.05) is 13.1 Å². The van der Waals surface area contributed by atoms with Gasteiger partial charge in [0.15, 0.2) is 5.03 Å². The van der Waals surface area contributed by atoms with Crippen LogP contribution in [0.25, 0.3) is 0 Å². The number of nitrogen functional groups attached to an aromatic ring is 1. The van der Waals surface area contributed by atoms with Gasteiger partial charge >= 0.3 is 0 Å². The van der Waals surface area contributed by atoms with E-state index in [1.165, 1.54) is 16.6 Å². The predicted octanol–water partition coefficient (Wildman–Crippen LogP) is 1.47. The molecule has 17 heavy (non-hydrogen) atoms. The molecule has 0 amide bonds. The Kier molecular flexibility index (Phi) is 4.89. The van der Waals surface area contributed by atoms with Crippen molar-refractivity contribution in [1.29, 1.82) is 0 Å². The molecule has 0 atom stereocenters. The van der Waals surface area contributed by atoms with Crippen LogP contribution in [0.2, 0.25) is 0 Å². The SMILES string of the molecule is CCCCN(CC)S(=O)(=O)c1ccc(N)cn1. The summed E-state index contributed by atoms with van der Waals surface area (Å²) in [5.41, 5.74) is 5.95. The Bertz CT molecular complexity index is 442. The molecule has 0 fully saturated rings. The van der Waals surface area contributed by atoms with Gasteiger partial charge in [-0.05, 0) is 18.6 Å². The number of hydrogen-bond acceptors (Lipinski definition) is 4. The molecule has 0 bridgehead atoms. The van der Waals surface area contributed by atoms with Gasteiger partial charge in [-0.1, -0.05) is 20.3 Å². The largest absolute Gasteiger partial charge is 0.397 e. The zero-order chi connectivity index (χ0) is 12.9. The van der Waals surface area contributed by atoms with Crippen molar-refractivity contribution in [3.05, 3.63) is 18.3 Å². The summed E-state index contributed by atoms with van der Waals surface area (Å²) in [5, 5.41) is 0.0599. The van der Waals surface area contributed by atoms with Crippen molar-refractivity contribution in [3.8, 4) is 0 Å². The quantitative estimate of drug-likeness (QED) is 0.837. The van der Waals surface area contributed by atoms with E-state index in [2.05, 4.69) is 4.98 Å². The zero-order valence-corrected chi connectivity index (χ0v) is 11.1. The maximum absolute atomic E-state index is 12.2. The van der Waals surface area contributed by atoms with Crippen LogP contribution in [-0.2, 0) is 10.0 Å². The van der Waals surface area contributed by atoms with Gasteiger partial charge in [-0.2, -0.15) is 4.31 Å². The molecule has 0 saturated heterocycles. The Hall–Kier alpha value is -1.14. The smallest absolute Gasteiger partial charge is 0.260 e. The lowest BCUT2D eigenvalue weighted by Gasteiger charge is -2.19. The average Bonchev–Trinajstić information content (AvgIpc) is 2.30. The van der Waals surface area contributed by atoms with Gasteiger partial charge in [-0.15, -0.1) is 0 Å². The van der Waals surface area contributed by atoms with Crippen molar-refractivity contribution < 1.29 is 8.42 Å². The number of unbranched alkanes of at least 4 members (excludes halogenated alkanes) is 1. The molecule has 0 radical (unpaired) electrons. The number of rotatable bonds is 6. The van der Waals surface area contributed by atoms with E-state index in [9.17, 15) is 8.42 Å². The van der Waals surface area contributed by atoms with Crippen LogP contribution < -0.4 is 5.73 Å². The third-order valence-electron chi connectivity index (χ3n) is 2.48. The van der Waals surface area contributed by atoms with E-state index in [4.69, 9.17) is 5.73 Å². The lowest BCUT2D eigenvalue weighted by molar-refractivity contribution is 0.417. The van der Waals surface area contributed by atoms with Crippen molar-refractivity contribution in [2.45, 2.75) is 31.7 Å². The van der Waals surface area contributed by atoms with Gasteiger partial charge < -0.3 is 5.73 Å². The van der Waals surface area contributed by atoms with Crippen LogP contribution in [-0.4, -0.2) is 30.8 Å². The Balaban J connectivity index is 2.95. The Morgan fingerprint density at radius 3 is 2.53 bits per heavy atom. The summed E-state index contributed by atoms with van der Waals surface area (Å²) in [7, 11) is -3.47. The normalized spacial score (nSPS) is 11.9. The highest BCUT2D eigenvalue weighted by Gasteiger charge is 2.23. The topological polar surface area (TPSA) is 76.3 Å². The summed E-state index contributed by atoms with van der Waals surface area (Å²) in [6, 6.07) is 2.99. The lowest BCUT2D eigenvalue weighted by Crippen LogP contribution is -2.32. The summed E-state index contributed by atoms with van der Waals surface area (Å²) in [5.74, 6) is 0. The van der Waals surface area contributed by atoms with Crippen molar-refractivity contribution >= 4 is 15.7 Å². The molecular formula is C11H19N3O2S. The van der Waals surface area contributed by atoms with E-state index in [1.807, 2.05) is 13.8 Å². The molecule has 0 unspecified atom stereocenters. The van der Waals surface area contributed by atoms with E-state index < -0.39 is 10.0 Å². The molecule has 1 heterocycles.